The minimum atomic E-state index is 0.577. The van der Waals surface area contributed by atoms with Crippen LogP contribution in [0.25, 0.3) is 0 Å². The largest absolute Gasteiger partial charge is 0.374 e. The lowest BCUT2D eigenvalue weighted by molar-refractivity contribution is 0.538. The number of unbranched alkanes of at least 4 members (excludes halogenated alkanes) is 13. The van der Waals surface area contributed by atoms with Crippen LogP contribution in [-0.4, -0.2) is 16.0 Å². The molecule has 0 amide bonds. The minimum absolute atomic E-state index is 0.577. The van der Waals surface area contributed by atoms with Crippen molar-refractivity contribution in [3.05, 3.63) is 0 Å². The van der Waals surface area contributed by atoms with Gasteiger partial charge < -0.3 is 5.73 Å². The zero-order valence-electron chi connectivity index (χ0n) is 14.9. The van der Waals surface area contributed by atoms with Crippen LogP contribution in [-0.2, 0) is 0 Å². The Morgan fingerprint density at radius 2 is 1.22 bits per heavy atom. The van der Waals surface area contributed by atoms with Crippen molar-refractivity contribution in [1.82, 2.24) is 10.2 Å². The summed E-state index contributed by atoms with van der Waals surface area (Å²) in [7, 11) is 0. The lowest BCUT2D eigenvalue weighted by atomic mass is 10.0. The van der Waals surface area contributed by atoms with E-state index < -0.39 is 0 Å². The smallest absolute Gasteiger partial charge is 0.203 e. The molecule has 0 bridgehead atoms. The van der Waals surface area contributed by atoms with Gasteiger partial charge >= 0.3 is 0 Å². The molecule has 0 spiro atoms. The molecule has 0 unspecified atom stereocenters. The van der Waals surface area contributed by atoms with Gasteiger partial charge in [0.2, 0.25) is 5.13 Å². The molecule has 0 aliphatic heterocycles. The van der Waals surface area contributed by atoms with Gasteiger partial charge in [-0.3, -0.25) is 0 Å². The molecule has 23 heavy (non-hydrogen) atoms. The van der Waals surface area contributed by atoms with E-state index in [9.17, 15) is 0 Å². The van der Waals surface area contributed by atoms with Gasteiger partial charge in [-0.2, -0.15) is 0 Å². The van der Waals surface area contributed by atoms with Gasteiger partial charge in [-0.15, -0.1) is 10.2 Å². The van der Waals surface area contributed by atoms with Crippen LogP contribution >= 0.6 is 23.1 Å². The highest BCUT2D eigenvalue weighted by molar-refractivity contribution is 8.01. The maximum Gasteiger partial charge on any atom is 0.203 e. The van der Waals surface area contributed by atoms with E-state index >= 15 is 0 Å². The van der Waals surface area contributed by atoms with Crippen molar-refractivity contribution in [2.24, 2.45) is 0 Å². The molecule has 1 heterocycles. The first-order valence-corrected chi connectivity index (χ1v) is 11.3. The summed E-state index contributed by atoms with van der Waals surface area (Å²) in [4.78, 5) is 0. The zero-order chi connectivity index (χ0) is 16.6. The van der Waals surface area contributed by atoms with Gasteiger partial charge in [-0.1, -0.05) is 113 Å². The second kappa shape index (κ2) is 15.3. The van der Waals surface area contributed by atoms with Gasteiger partial charge in [0.1, 0.15) is 0 Å². The molecule has 3 nitrogen and oxygen atoms in total. The van der Waals surface area contributed by atoms with Crippen LogP contribution in [0.4, 0.5) is 5.13 Å². The quantitative estimate of drug-likeness (QED) is 0.264. The predicted molar refractivity (Wildman–Crippen MR) is 105 cm³/mol. The number of hydrogen-bond donors (Lipinski definition) is 1. The summed E-state index contributed by atoms with van der Waals surface area (Å²) in [5.74, 6) is 1.15. The topological polar surface area (TPSA) is 51.8 Å². The monoisotopic (exact) mass is 357 g/mol. The number of aromatic nitrogens is 2. The van der Waals surface area contributed by atoms with Crippen LogP contribution in [0.15, 0.2) is 4.34 Å². The number of nitrogen functional groups attached to an aromatic ring is 1. The fraction of sp³-hybridized carbons (Fsp3) is 0.889. The number of nitrogens with zero attached hydrogens (tertiary/aromatic N) is 2. The van der Waals surface area contributed by atoms with Crippen molar-refractivity contribution >= 4 is 28.2 Å². The highest BCUT2D eigenvalue weighted by Gasteiger charge is 2.01. The summed E-state index contributed by atoms with van der Waals surface area (Å²) >= 11 is 3.28. The maximum absolute atomic E-state index is 5.57. The van der Waals surface area contributed by atoms with Crippen molar-refractivity contribution in [2.45, 2.75) is 101 Å². The van der Waals surface area contributed by atoms with Gasteiger partial charge in [0, 0.05) is 5.75 Å². The first-order chi connectivity index (χ1) is 11.3. The van der Waals surface area contributed by atoms with Crippen LogP contribution in [0.5, 0.6) is 0 Å². The lowest BCUT2D eigenvalue weighted by Gasteiger charge is -2.03. The van der Waals surface area contributed by atoms with Gasteiger partial charge in [0.05, 0.1) is 0 Å². The van der Waals surface area contributed by atoms with Gasteiger partial charge in [0.15, 0.2) is 4.34 Å². The summed E-state index contributed by atoms with van der Waals surface area (Å²) in [5.41, 5.74) is 5.57. The van der Waals surface area contributed by atoms with Gasteiger partial charge in [-0.25, -0.2) is 0 Å². The van der Waals surface area contributed by atoms with E-state index in [0.29, 0.717) is 5.13 Å². The van der Waals surface area contributed by atoms with Crippen LogP contribution < -0.4 is 5.73 Å². The third-order valence-corrected chi connectivity index (χ3v) is 6.12. The van der Waals surface area contributed by atoms with Crippen LogP contribution in [0.2, 0.25) is 0 Å². The van der Waals surface area contributed by atoms with Crippen LogP contribution in [0, 0.1) is 0 Å². The van der Waals surface area contributed by atoms with Crippen molar-refractivity contribution in [2.75, 3.05) is 11.5 Å². The Kier molecular flexibility index (Phi) is 13.8. The van der Waals surface area contributed by atoms with E-state index in [-0.39, 0.29) is 0 Å². The Labute approximate surface area is 151 Å². The molecule has 134 valence electrons. The molecule has 0 atom stereocenters. The molecule has 1 rings (SSSR count). The van der Waals surface area contributed by atoms with E-state index in [1.165, 1.54) is 101 Å². The van der Waals surface area contributed by atoms with E-state index in [2.05, 4.69) is 17.1 Å². The Morgan fingerprint density at radius 3 is 1.65 bits per heavy atom. The first kappa shape index (κ1) is 20.8. The number of hydrogen-bond acceptors (Lipinski definition) is 5. The van der Waals surface area contributed by atoms with Gasteiger partial charge in [0.25, 0.3) is 0 Å². The van der Waals surface area contributed by atoms with Crippen molar-refractivity contribution < 1.29 is 0 Å². The van der Waals surface area contributed by atoms with Crippen LogP contribution in [0.3, 0.4) is 0 Å². The number of nitrogens with two attached hydrogens (primary N) is 1. The molecule has 2 N–H and O–H groups in total. The molecule has 1 aromatic heterocycles. The van der Waals surface area contributed by atoms with E-state index in [1.807, 2.05) is 0 Å². The summed E-state index contributed by atoms with van der Waals surface area (Å²) in [6.07, 6.45) is 19.8. The summed E-state index contributed by atoms with van der Waals surface area (Å²) < 4.78 is 1.01. The molecule has 0 aromatic carbocycles. The standard InChI is InChI=1S/C18H35N3S2/c1-2-3-4-5-6-7-8-9-10-11-12-13-14-15-16-22-18-21-20-17(19)23-18/h2-16H2,1H3,(H2,19,20). The molecule has 1 aromatic rings. The lowest BCUT2D eigenvalue weighted by Crippen LogP contribution is -1.84. The van der Waals surface area contributed by atoms with E-state index in [4.69, 9.17) is 5.73 Å². The zero-order valence-corrected chi connectivity index (χ0v) is 16.5. The normalized spacial score (nSPS) is 11.2. The Morgan fingerprint density at radius 1 is 0.739 bits per heavy atom. The second-order valence-electron chi connectivity index (χ2n) is 6.35. The Bertz CT molecular complexity index is 369. The molecule has 0 saturated heterocycles. The Balaban J connectivity index is 1.71. The molecule has 0 aliphatic carbocycles. The molecule has 0 fully saturated rings. The fourth-order valence-corrected chi connectivity index (χ4v) is 4.44. The van der Waals surface area contributed by atoms with E-state index in [1.54, 1.807) is 11.8 Å². The predicted octanol–water partition coefficient (Wildman–Crippen LogP) is 6.69. The highest BCUT2D eigenvalue weighted by atomic mass is 32.2. The SMILES string of the molecule is CCCCCCCCCCCCCCCCSc1nnc(N)s1. The van der Waals surface area contributed by atoms with E-state index in [0.717, 1.165) is 10.1 Å². The molecular weight excluding hydrogens is 322 g/mol. The highest BCUT2D eigenvalue weighted by Crippen LogP contribution is 2.24. The molecule has 0 radical (unpaired) electrons. The molecular formula is C18H35N3S2. The number of anilines is 1. The number of thioether (sulfide) groups is 1. The van der Waals surface area contributed by atoms with Crippen molar-refractivity contribution in [1.29, 1.82) is 0 Å². The first-order valence-electron chi connectivity index (χ1n) is 9.54. The van der Waals surface area contributed by atoms with Gasteiger partial charge in [-0.05, 0) is 6.42 Å². The minimum Gasteiger partial charge on any atom is -0.374 e. The fourth-order valence-electron chi connectivity index (χ4n) is 2.73. The maximum atomic E-state index is 5.57. The molecule has 5 heteroatoms. The van der Waals surface area contributed by atoms with Crippen LogP contribution in [0.1, 0.15) is 96.8 Å². The molecule has 0 saturated carbocycles. The summed E-state index contributed by atoms with van der Waals surface area (Å²) in [6.45, 7) is 2.29. The van der Waals surface area contributed by atoms with Crippen molar-refractivity contribution in [3.8, 4) is 0 Å². The third-order valence-electron chi connectivity index (χ3n) is 4.15. The number of rotatable bonds is 16. The Hall–Kier alpha value is -0.290. The summed E-state index contributed by atoms with van der Waals surface area (Å²) in [5, 5.41) is 8.43. The van der Waals surface area contributed by atoms with Crippen molar-refractivity contribution in [3.63, 3.8) is 0 Å². The molecule has 0 aliphatic rings. The second-order valence-corrected chi connectivity index (χ2v) is 8.70. The average Bonchev–Trinajstić information content (AvgIpc) is 2.96. The average molecular weight is 358 g/mol. The summed E-state index contributed by atoms with van der Waals surface area (Å²) in [6, 6.07) is 0. The third kappa shape index (κ3) is 12.8.